The Morgan fingerprint density at radius 3 is 2.50 bits per heavy atom. The molecule has 0 bridgehead atoms. The van der Waals surface area contributed by atoms with E-state index in [1.54, 1.807) is 16.8 Å². The quantitative estimate of drug-likeness (QED) is 0.763. The fraction of sp³-hybridized carbons (Fsp3) is 0.769. The molecule has 1 aromatic heterocycles. The van der Waals surface area contributed by atoms with Crippen molar-refractivity contribution >= 4 is 11.9 Å². The van der Waals surface area contributed by atoms with Gasteiger partial charge in [0.15, 0.2) is 0 Å². The molecular weight excluding hydrogens is 258 g/mol. The molecule has 1 heterocycles. The number of anilines is 1. The van der Waals surface area contributed by atoms with Crippen molar-refractivity contribution in [2.24, 2.45) is 0 Å². The van der Waals surface area contributed by atoms with Gasteiger partial charge >= 0.3 is 6.01 Å². The molecule has 0 spiro atoms. The van der Waals surface area contributed by atoms with Crippen LogP contribution in [0.25, 0.3) is 0 Å². The molecule has 0 saturated heterocycles. The molecule has 1 N–H and O–H groups in total. The van der Waals surface area contributed by atoms with Crippen molar-refractivity contribution in [2.45, 2.75) is 40.3 Å². The Morgan fingerprint density at radius 1 is 1.30 bits per heavy atom. The minimum absolute atomic E-state index is 0.0533. The Hall–Kier alpha value is -1.63. The molecule has 0 atom stereocenters. The van der Waals surface area contributed by atoms with Gasteiger partial charge in [-0.15, -0.1) is 5.10 Å². The highest BCUT2D eigenvalue weighted by atomic mass is 16.4. The second kappa shape index (κ2) is 7.84. The number of carbonyl (C=O) groups excluding carboxylic acids is 1. The standard InChI is InChI=1S/C13H25N5O2/c1-6-18(7-2)12(19)9-17(5)13-16-15-11(20-13)8-14-10(3)4/h10,14H,6-9H2,1-5H3. The molecule has 20 heavy (non-hydrogen) atoms. The Labute approximate surface area is 120 Å². The SMILES string of the molecule is CCN(CC)C(=O)CN(C)c1nnc(CNC(C)C)o1. The van der Waals surface area contributed by atoms with Crippen LogP contribution in [-0.2, 0) is 11.3 Å². The fourth-order valence-electron chi connectivity index (χ4n) is 1.71. The van der Waals surface area contributed by atoms with E-state index in [0.717, 1.165) is 0 Å². The molecule has 7 heteroatoms. The molecular formula is C13H25N5O2. The summed E-state index contributed by atoms with van der Waals surface area (Å²) in [5.41, 5.74) is 0. The third-order valence-electron chi connectivity index (χ3n) is 2.93. The van der Waals surface area contributed by atoms with Crippen LogP contribution in [0.4, 0.5) is 6.01 Å². The van der Waals surface area contributed by atoms with Crippen LogP contribution in [0, 0.1) is 0 Å². The van der Waals surface area contributed by atoms with Crippen molar-refractivity contribution in [2.75, 3.05) is 31.6 Å². The zero-order valence-corrected chi connectivity index (χ0v) is 13.0. The predicted octanol–water partition coefficient (Wildman–Crippen LogP) is 0.872. The maximum atomic E-state index is 12.0. The molecule has 0 saturated carbocycles. The summed E-state index contributed by atoms with van der Waals surface area (Å²) >= 11 is 0. The lowest BCUT2D eigenvalue weighted by Gasteiger charge is -2.21. The van der Waals surface area contributed by atoms with E-state index in [0.29, 0.717) is 37.6 Å². The van der Waals surface area contributed by atoms with Crippen molar-refractivity contribution in [1.82, 2.24) is 20.4 Å². The summed E-state index contributed by atoms with van der Waals surface area (Å²) in [6, 6.07) is 0.721. The lowest BCUT2D eigenvalue weighted by atomic mass is 10.4. The number of carbonyl (C=O) groups is 1. The molecule has 1 aromatic rings. The summed E-state index contributed by atoms with van der Waals surface area (Å²) in [5, 5.41) is 11.1. The van der Waals surface area contributed by atoms with Crippen LogP contribution in [0.2, 0.25) is 0 Å². The van der Waals surface area contributed by atoms with Gasteiger partial charge in [-0.25, -0.2) is 0 Å². The van der Waals surface area contributed by atoms with Gasteiger partial charge in [0, 0.05) is 26.2 Å². The van der Waals surface area contributed by atoms with Crippen molar-refractivity contribution in [3.05, 3.63) is 5.89 Å². The molecule has 1 rings (SSSR count). The summed E-state index contributed by atoms with van der Waals surface area (Å²) in [6.07, 6.45) is 0. The van der Waals surface area contributed by atoms with Crippen LogP contribution in [0.15, 0.2) is 4.42 Å². The van der Waals surface area contributed by atoms with Crippen molar-refractivity contribution in [3.63, 3.8) is 0 Å². The van der Waals surface area contributed by atoms with E-state index in [9.17, 15) is 4.79 Å². The second-order valence-corrected chi connectivity index (χ2v) is 4.94. The van der Waals surface area contributed by atoms with Gasteiger partial charge in [0.1, 0.15) is 6.54 Å². The minimum Gasteiger partial charge on any atom is -0.407 e. The van der Waals surface area contributed by atoms with E-state index in [-0.39, 0.29) is 12.5 Å². The van der Waals surface area contributed by atoms with Gasteiger partial charge < -0.3 is 19.5 Å². The first kappa shape index (κ1) is 16.4. The number of hydrogen-bond acceptors (Lipinski definition) is 6. The number of nitrogens with one attached hydrogen (secondary N) is 1. The van der Waals surface area contributed by atoms with Gasteiger partial charge in [0.2, 0.25) is 11.8 Å². The van der Waals surface area contributed by atoms with Crippen LogP contribution in [0.5, 0.6) is 0 Å². The average Bonchev–Trinajstić information content (AvgIpc) is 2.86. The van der Waals surface area contributed by atoms with E-state index >= 15 is 0 Å². The number of aromatic nitrogens is 2. The third kappa shape index (κ3) is 4.80. The van der Waals surface area contributed by atoms with Gasteiger partial charge in [-0.1, -0.05) is 18.9 Å². The Morgan fingerprint density at radius 2 is 1.95 bits per heavy atom. The van der Waals surface area contributed by atoms with Crippen LogP contribution in [-0.4, -0.2) is 53.7 Å². The lowest BCUT2D eigenvalue weighted by molar-refractivity contribution is -0.129. The van der Waals surface area contributed by atoms with E-state index < -0.39 is 0 Å². The van der Waals surface area contributed by atoms with E-state index in [4.69, 9.17) is 4.42 Å². The largest absolute Gasteiger partial charge is 0.407 e. The van der Waals surface area contributed by atoms with E-state index in [1.807, 2.05) is 27.7 Å². The number of rotatable bonds is 8. The number of likely N-dealkylation sites (N-methyl/N-ethyl adjacent to an activating group) is 2. The first-order valence-corrected chi connectivity index (χ1v) is 7.02. The maximum Gasteiger partial charge on any atom is 0.318 e. The molecule has 0 unspecified atom stereocenters. The highest BCUT2D eigenvalue weighted by Gasteiger charge is 2.17. The number of hydrogen-bond donors (Lipinski definition) is 1. The Balaban J connectivity index is 2.55. The first-order chi connectivity index (χ1) is 9.47. The molecule has 0 fully saturated rings. The number of nitrogens with zero attached hydrogens (tertiary/aromatic N) is 4. The van der Waals surface area contributed by atoms with Crippen LogP contribution < -0.4 is 10.2 Å². The molecule has 0 aliphatic rings. The van der Waals surface area contributed by atoms with Gasteiger partial charge in [0.05, 0.1) is 6.54 Å². The topological polar surface area (TPSA) is 74.5 Å². The molecule has 114 valence electrons. The zero-order chi connectivity index (χ0) is 15.1. The minimum atomic E-state index is 0.0533. The molecule has 1 amide bonds. The Kier molecular flexibility index (Phi) is 6.44. The van der Waals surface area contributed by atoms with Crippen LogP contribution >= 0.6 is 0 Å². The normalized spacial score (nSPS) is 10.9. The average molecular weight is 283 g/mol. The lowest BCUT2D eigenvalue weighted by Crippen LogP contribution is -2.38. The smallest absolute Gasteiger partial charge is 0.318 e. The summed E-state index contributed by atoms with van der Waals surface area (Å²) < 4.78 is 5.51. The zero-order valence-electron chi connectivity index (χ0n) is 13.0. The third-order valence-corrected chi connectivity index (χ3v) is 2.93. The monoisotopic (exact) mass is 283 g/mol. The highest BCUT2D eigenvalue weighted by Crippen LogP contribution is 2.10. The first-order valence-electron chi connectivity index (χ1n) is 7.02. The Bertz CT molecular complexity index is 415. The van der Waals surface area contributed by atoms with E-state index in [1.165, 1.54) is 0 Å². The summed E-state index contributed by atoms with van der Waals surface area (Å²) in [4.78, 5) is 15.4. The van der Waals surface area contributed by atoms with E-state index in [2.05, 4.69) is 15.5 Å². The number of amides is 1. The highest BCUT2D eigenvalue weighted by molar-refractivity contribution is 5.80. The second-order valence-electron chi connectivity index (χ2n) is 4.94. The van der Waals surface area contributed by atoms with Gasteiger partial charge in [-0.05, 0) is 13.8 Å². The summed E-state index contributed by atoms with van der Waals surface area (Å²) in [7, 11) is 1.77. The van der Waals surface area contributed by atoms with Gasteiger partial charge in [-0.2, -0.15) is 0 Å². The predicted molar refractivity (Wildman–Crippen MR) is 77.5 cm³/mol. The summed E-state index contributed by atoms with van der Waals surface area (Å²) in [6.45, 7) is 10.2. The molecule has 0 aliphatic heterocycles. The van der Waals surface area contributed by atoms with Gasteiger partial charge in [-0.3, -0.25) is 4.79 Å². The van der Waals surface area contributed by atoms with Crippen LogP contribution in [0.1, 0.15) is 33.6 Å². The van der Waals surface area contributed by atoms with Gasteiger partial charge in [0.25, 0.3) is 0 Å². The molecule has 0 aromatic carbocycles. The van der Waals surface area contributed by atoms with Crippen molar-refractivity contribution in [1.29, 1.82) is 0 Å². The fourth-order valence-corrected chi connectivity index (χ4v) is 1.71. The maximum absolute atomic E-state index is 12.0. The summed E-state index contributed by atoms with van der Waals surface area (Å²) in [5.74, 6) is 0.577. The van der Waals surface area contributed by atoms with Crippen LogP contribution in [0.3, 0.4) is 0 Å². The molecule has 0 aliphatic carbocycles. The van der Waals surface area contributed by atoms with Crippen molar-refractivity contribution < 1.29 is 9.21 Å². The van der Waals surface area contributed by atoms with Crippen molar-refractivity contribution in [3.8, 4) is 0 Å². The molecule has 0 radical (unpaired) electrons. The molecule has 7 nitrogen and oxygen atoms in total.